The fourth-order valence-electron chi connectivity index (χ4n) is 13.7. The van der Waals surface area contributed by atoms with Crippen LogP contribution in [0, 0.1) is 0 Å². The first-order valence-electron chi connectivity index (χ1n) is 40.4. The van der Waals surface area contributed by atoms with Gasteiger partial charge in [-0.15, -0.1) is 0 Å². The first-order valence-corrected chi connectivity index (χ1v) is 40.4. The third-order valence-corrected chi connectivity index (χ3v) is 20.2. The third-order valence-electron chi connectivity index (χ3n) is 20.2. The summed E-state index contributed by atoms with van der Waals surface area (Å²) < 4.78 is 34.5. The van der Waals surface area contributed by atoms with Crippen molar-refractivity contribution in [3.8, 4) is 0 Å². The lowest BCUT2D eigenvalue weighted by atomic mass is 9.96. The lowest BCUT2D eigenvalue weighted by Crippen LogP contribution is -2.66. The van der Waals surface area contributed by atoms with Crippen molar-refractivity contribution in [3.05, 3.63) is 48.6 Å². The molecule has 0 aromatic rings. The number of ether oxygens (including phenoxy) is 6. The lowest BCUT2D eigenvalue weighted by molar-refractivity contribution is -0.379. The summed E-state index contributed by atoms with van der Waals surface area (Å²) in [5, 5.41) is 121. The van der Waals surface area contributed by atoms with Crippen LogP contribution in [0.4, 0.5) is 0 Å². The molecule has 19 nitrogen and oxygen atoms in total. The smallest absolute Gasteiger partial charge is 0.220 e. The molecule has 12 N–H and O–H groups in total. The molecule has 0 bridgehead atoms. The Bertz CT molecular complexity index is 1980. The second kappa shape index (κ2) is 61.0. The Balaban J connectivity index is 1.37. The second-order valence-electron chi connectivity index (χ2n) is 28.9. The summed E-state index contributed by atoms with van der Waals surface area (Å²) in [5.74, 6) is -0.239. The largest absolute Gasteiger partial charge is 0.394 e. The number of hydrogen-bond donors (Lipinski definition) is 12. The molecule has 3 rings (SSSR count). The molecule has 3 aliphatic heterocycles. The van der Waals surface area contributed by atoms with Gasteiger partial charge in [0.1, 0.15) is 73.2 Å². The fourth-order valence-corrected chi connectivity index (χ4v) is 13.7. The van der Waals surface area contributed by atoms with Crippen molar-refractivity contribution < 1.29 is 89.4 Å². The molecule has 580 valence electrons. The number of rotatable bonds is 64. The van der Waals surface area contributed by atoms with Gasteiger partial charge in [0.2, 0.25) is 5.91 Å². The number of hydrogen-bond acceptors (Lipinski definition) is 18. The summed E-state index contributed by atoms with van der Waals surface area (Å²) in [4.78, 5) is 13.5. The first kappa shape index (κ1) is 91.0. The van der Waals surface area contributed by atoms with Gasteiger partial charge >= 0.3 is 0 Å². The van der Waals surface area contributed by atoms with E-state index in [1.165, 1.54) is 218 Å². The van der Waals surface area contributed by atoms with Gasteiger partial charge in [-0.05, 0) is 51.4 Å². The van der Waals surface area contributed by atoms with Gasteiger partial charge in [0.15, 0.2) is 18.9 Å². The summed E-state index contributed by atoms with van der Waals surface area (Å²) in [6.45, 7) is 1.74. The normalized spacial score (nSPS) is 26.8. The van der Waals surface area contributed by atoms with Gasteiger partial charge in [0.25, 0.3) is 0 Å². The van der Waals surface area contributed by atoms with E-state index in [0.29, 0.717) is 12.8 Å². The summed E-state index contributed by atoms with van der Waals surface area (Å²) in [5.41, 5.74) is 0. The van der Waals surface area contributed by atoms with Crippen molar-refractivity contribution in [3.63, 3.8) is 0 Å². The molecule has 3 saturated heterocycles. The van der Waals surface area contributed by atoms with Crippen LogP contribution in [-0.2, 0) is 33.2 Å². The minimum atomic E-state index is -1.97. The minimum Gasteiger partial charge on any atom is -0.394 e. The van der Waals surface area contributed by atoms with Crippen LogP contribution < -0.4 is 5.32 Å². The zero-order valence-electron chi connectivity index (χ0n) is 62.0. The second-order valence-corrected chi connectivity index (χ2v) is 28.9. The van der Waals surface area contributed by atoms with Crippen LogP contribution in [0.1, 0.15) is 322 Å². The molecule has 3 heterocycles. The predicted molar refractivity (Wildman–Crippen MR) is 392 cm³/mol. The van der Waals surface area contributed by atoms with Crippen molar-refractivity contribution >= 4 is 5.91 Å². The molecule has 19 heteroatoms. The van der Waals surface area contributed by atoms with Gasteiger partial charge in [0.05, 0.1) is 38.6 Å². The first-order chi connectivity index (χ1) is 48.3. The van der Waals surface area contributed by atoms with Crippen LogP contribution in [0.15, 0.2) is 48.6 Å². The monoisotopic (exact) mass is 1410 g/mol. The molecule has 17 unspecified atom stereocenters. The molecule has 0 radical (unpaired) electrons. The van der Waals surface area contributed by atoms with Crippen molar-refractivity contribution in [2.45, 2.75) is 426 Å². The van der Waals surface area contributed by atoms with Crippen molar-refractivity contribution in [1.82, 2.24) is 5.32 Å². The number of carbonyl (C=O) groups excluding carboxylic acids is 1. The molecule has 17 atom stereocenters. The van der Waals surface area contributed by atoms with Crippen LogP contribution >= 0.6 is 0 Å². The Hall–Kier alpha value is -2.25. The SMILES string of the molecule is CC/C=C\C/C=C\C/C=C\C/C=C\CCCCCCCCCCCCCCCCCCC(=O)NC(COC1OC(CO)C(OC2OC(CO)C(OC3OC(CO)C(O)C(O)C3O)C(O)C2O)C(O)C1O)C(O)CCCCCCCCCCCCCCCCCCCCCCCCCCC. The zero-order valence-corrected chi connectivity index (χ0v) is 62.0. The van der Waals surface area contributed by atoms with E-state index in [-0.39, 0.29) is 18.9 Å². The molecular formula is C80H147NO18. The van der Waals surface area contributed by atoms with E-state index >= 15 is 0 Å². The number of aliphatic hydroxyl groups is 11. The lowest BCUT2D eigenvalue weighted by Gasteiger charge is -2.48. The zero-order chi connectivity index (χ0) is 71.8. The number of allylic oxidation sites excluding steroid dienone is 8. The molecule has 3 aliphatic rings. The van der Waals surface area contributed by atoms with E-state index in [9.17, 15) is 61.0 Å². The molecule has 0 spiro atoms. The fraction of sp³-hybridized carbons (Fsp3) is 0.887. The highest BCUT2D eigenvalue weighted by molar-refractivity contribution is 5.76. The molecule has 1 amide bonds. The maximum absolute atomic E-state index is 13.5. The molecule has 0 saturated carbocycles. The number of unbranched alkanes of at least 4 members (excludes halogenated alkanes) is 40. The van der Waals surface area contributed by atoms with Crippen LogP contribution in [0.5, 0.6) is 0 Å². The van der Waals surface area contributed by atoms with Gasteiger partial charge < -0.3 is 89.9 Å². The number of aliphatic hydroxyl groups excluding tert-OH is 11. The van der Waals surface area contributed by atoms with Crippen LogP contribution in [0.3, 0.4) is 0 Å². The molecular weight excluding hydrogens is 1260 g/mol. The number of carbonyl (C=O) groups is 1. The highest BCUT2D eigenvalue weighted by Crippen LogP contribution is 2.33. The Labute approximate surface area is 599 Å². The minimum absolute atomic E-state index is 0.239. The summed E-state index contributed by atoms with van der Waals surface area (Å²) in [6, 6.07) is -0.889. The van der Waals surface area contributed by atoms with Gasteiger partial charge in [-0.3, -0.25) is 4.79 Å². The molecule has 0 aromatic carbocycles. The molecule has 0 aliphatic carbocycles. The van der Waals surface area contributed by atoms with Gasteiger partial charge in [0, 0.05) is 6.42 Å². The maximum atomic E-state index is 13.5. The van der Waals surface area contributed by atoms with Crippen LogP contribution in [0.25, 0.3) is 0 Å². The van der Waals surface area contributed by atoms with E-state index in [0.717, 1.165) is 70.6 Å². The van der Waals surface area contributed by atoms with E-state index in [2.05, 4.69) is 67.8 Å². The molecule has 99 heavy (non-hydrogen) atoms. The Kier molecular flexibility index (Phi) is 56.0. The van der Waals surface area contributed by atoms with E-state index < -0.39 is 124 Å². The standard InChI is InChI=1S/C80H147NO18/c1-3-5-7-9-11-13-15-17-19-21-23-25-27-29-30-31-32-34-36-38-40-42-44-46-48-50-52-54-56-58-68(86)81-63(64(85)57-55-53-51-49-47-45-43-41-39-37-35-33-28-26-24-22-20-18-16-14-12-10-8-6-4-2)62-94-78-74(92)71(89)76(66(60-83)96-78)99-80-75(93)72(90)77(67(61-84)97-80)98-79-73(91)70(88)69(87)65(59-82)95-79/h5,7,11,13,17,19,23,25,63-67,69-80,82-85,87-93H,3-4,6,8-10,12,14-16,18,20-22,24,26-62H2,1-2H3,(H,81,86)/b7-5-,13-11-,19-17-,25-23-. The van der Waals surface area contributed by atoms with Gasteiger partial charge in [-0.2, -0.15) is 0 Å². The predicted octanol–water partition coefficient (Wildman–Crippen LogP) is 13.3. The Morgan fingerprint density at radius 1 is 0.374 bits per heavy atom. The van der Waals surface area contributed by atoms with Crippen molar-refractivity contribution in [1.29, 1.82) is 0 Å². The van der Waals surface area contributed by atoms with E-state index in [1.54, 1.807) is 0 Å². The maximum Gasteiger partial charge on any atom is 0.220 e. The van der Waals surface area contributed by atoms with Crippen LogP contribution in [0.2, 0.25) is 0 Å². The van der Waals surface area contributed by atoms with E-state index in [1.807, 2.05) is 0 Å². The van der Waals surface area contributed by atoms with E-state index in [4.69, 9.17) is 28.4 Å². The average Bonchev–Trinajstić information content (AvgIpc) is 0.785. The summed E-state index contributed by atoms with van der Waals surface area (Å²) >= 11 is 0. The summed E-state index contributed by atoms with van der Waals surface area (Å²) in [6.07, 6.45) is 49.1. The Morgan fingerprint density at radius 2 is 0.697 bits per heavy atom. The Morgan fingerprint density at radius 3 is 1.09 bits per heavy atom. The molecule has 3 fully saturated rings. The highest BCUT2D eigenvalue weighted by atomic mass is 16.8. The third kappa shape index (κ3) is 41.3. The van der Waals surface area contributed by atoms with Crippen molar-refractivity contribution in [2.75, 3.05) is 26.4 Å². The quantitative estimate of drug-likeness (QED) is 0.0199. The van der Waals surface area contributed by atoms with Gasteiger partial charge in [-0.25, -0.2) is 0 Å². The topological polar surface area (TPSA) is 307 Å². The number of amides is 1. The van der Waals surface area contributed by atoms with Crippen LogP contribution in [-0.4, -0.2) is 193 Å². The summed E-state index contributed by atoms with van der Waals surface area (Å²) in [7, 11) is 0. The highest BCUT2D eigenvalue weighted by Gasteiger charge is 2.54. The molecule has 0 aromatic heterocycles. The average molecular weight is 1410 g/mol. The van der Waals surface area contributed by atoms with Gasteiger partial charge in [-0.1, -0.05) is 313 Å². The number of nitrogens with one attached hydrogen (secondary N) is 1. The van der Waals surface area contributed by atoms with Crippen molar-refractivity contribution in [2.24, 2.45) is 0 Å².